The smallest absolute Gasteiger partial charge is 0.338 e. The summed E-state index contributed by atoms with van der Waals surface area (Å²) in [5.74, 6) is -0.504. The Labute approximate surface area is 186 Å². The van der Waals surface area contributed by atoms with Gasteiger partial charge in [0.25, 0.3) is 0 Å². The highest BCUT2D eigenvalue weighted by atomic mass is 28.4. The van der Waals surface area contributed by atoms with E-state index in [4.69, 9.17) is 9.16 Å². The van der Waals surface area contributed by atoms with Gasteiger partial charge in [-0.15, -0.1) is 0 Å². The van der Waals surface area contributed by atoms with Gasteiger partial charge in [-0.05, 0) is 36.3 Å². The van der Waals surface area contributed by atoms with Crippen LogP contribution in [0.3, 0.4) is 0 Å². The van der Waals surface area contributed by atoms with Gasteiger partial charge in [0, 0.05) is 31.5 Å². The molecule has 1 heterocycles. The minimum absolute atomic E-state index is 0.0835. The molecule has 0 unspecified atom stereocenters. The fourth-order valence-corrected chi connectivity index (χ4v) is 4.35. The van der Waals surface area contributed by atoms with Crippen LogP contribution in [0.15, 0.2) is 48.5 Å². The van der Waals surface area contributed by atoms with Gasteiger partial charge in [-0.3, -0.25) is 0 Å². The molecule has 0 aliphatic carbocycles. The van der Waals surface area contributed by atoms with Gasteiger partial charge in [0.05, 0.1) is 17.9 Å². The summed E-state index contributed by atoms with van der Waals surface area (Å²) in [5, 5.41) is 0.0835. The second-order valence-electron chi connectivity index (χ2n) is 9.76. The first kappa shape index (κ1) is 23.5. The lowest BCUT2D eigenvalue weighted by Gasteiger charge is -2.36. The first-order valence-corrected chi connectivity index (χ1v) is 13.9. The van der Waals surface area contributed by atoms with E-state index >= 15 is 4.39 Å². The average Bonchev–Trinajstić information content (AvgIpc) is 2.73. The first-order chi connectivity index (χ1) is 14.6. The molecule has 31 heavy (non-hydrogen) atoms. The zero-order valence-electron chi connectivity index (χ0n) is 19.3. The van der Waals surface area contributed by atoms with Crippen molar-refractivity contribution in [2.75, 3.05) is 18.0 Å². The zero-order chi connectivity index (χ0) is 22.6. The van der Waals surface area contributed by atoms with Crippen LogP contribution in [0.2, 0.25) is 18.1 Å². The SMILES string of the molecule is CC(C)(C)[Si](C)(C)OCc1cccc(N2CCC(OC(=O)c3ccccc3)CC2)c1F. The van der Waals surface area contributed by atoms with E-state index in [1.54, 1.807) is 18.2 Å². The van der Waals surface area contributed by atoms with E-state index < -0.39 is 8.32 Å². The molecular weight excluding hydrogens is 409 g/mol. The van der Waals surface area contributed by atoms with Crippen molar-refractivity contribution in [3.05, 3.63) is 65.5 Å². The van der Waals surface area contributed by atoms with E-state index in [1.807, 2.05) is 35.2 Å². The second-order valence-corrected chi connectivity index (χ2v) is 14.6. The first-order valence-electron chi connectivity index (χ1n) is 11.0. The number of carbonyl (C=O) groups excluding carboxylic acids is 1. The lowest BCUT2D eigenvalue weighted by molar-refractivity contribution is 0.0244. The summed E-state index contributed by atoms with van der Waals surface area (Å²) in [7, 11) is -1.95. The predicted octanol–water partition coefficient (Wildman–Crippen LogP) is 6.17. The number of esters is 1. The Morgan fingerprint density at radius 3 is 2.32 bits per heavy atom. The highest BCUT2D eigenvalue weighted by molar-refractivity contribution is 6.74. The van der Waals surface area contributed by atoms with Crippen molar-refractivity contribution in [1.29, 1.82) is 0 Å². The van der Waals surface area contributed by atoms with Gasteiger partial charge >= 0.3 is 5.97 Å². The molecule has 1 aliphatic heterocycles. The third kappa shape index (κ3) is 5.74. The van der Waals surface area contributed by atoms with Gasteiger partial charge < -0.3 is 14.1 Å². The molecule has 1 fully saturated rings. The van der Waals surface area contributed by atoms with Gasteiger partial charge in [0.15, 0.2) is 14.1 Å². The molecule has 0 saturated carbocycles. The fraction of sp³-hybridized carbons (Fsp3) is 0.480. The number of nitrogens with zero attached hydrogens (tertiary/aromatic N) is 1. The molecule has 2 aromatic rings. The summed E-state index contributed by atoms with van der Waals surface area (Å²) in [6, 6.07) is 14.5. The number of carbonyl (C=O) groups is 1. The molecule has 0 N–H and O–H groups in total. The van der Waals surface area contributed by atoms with E-state index in [2.05, 4.69) is 33.9 Å². The molecule has 0 amide bonds. The summed E-state index contributed by atoms with van der Waals surface area (Å²) in [4.78, 5) is 14.3. The molecule has 0 bridgehead atoms. The number of hydrogen-bond donors (Lipinski definition) is 0. The molecule has 1 saturated heterocycles. The Morgan fingerprint density at radius 1 is 1.06 bits per heavy atom. The molecular formula is C25H34FNO3Si. The van der Waals surface area contributed by atoms with Gasteiger partial charge in [-0.1, -0.05) is 51.1 Å². The number of piperidine rings is 1. The Morgan fingerprint density at radius 2 is 1.71 bits per heavy atom. The minimum Gasteiger partial charge on any atom is -0.459 e. The molecule has 1 aliphatic rings. The zero-order valence-corrected chi connectivity index (χ0v) is 20.3. The fourth-order valence-electron chi connectivity index (χ4n) is 3.40. The summed E-state index contributed by atoms with van der Waals surface area (Å²) in [6.45, 7) is 12.5. The lowest BCUT2D eigenvalue weighted by atomic mass is 10.1. The molecule has 0 spiro atoms. The number of ether oxygens (including phenoxy) is 1. The Balaban J connectivity index is 1.59. The molecule has 168 valence electrons. The predicted molar refractivity (Wildman–Crippen MR) is 125 cm³/mol. The maximum absolute atomic E-state index is 15.3. The minimum atomic E-state index is -1.95. The summed E-state index contributed by atoms with van der Waals surface area (Å²) in [5.41, 5.74) is 1.76. The summed E-state index contributed by atoms with van der Waals surface area (Å²) >= 11 is 0. The van der Waals surface area contributed by atoms with Crippen LogP contribution in [-0.4, -0.2) is 33.5 Å². The maximum Gasteiger partial charge on any atom is 0.338 e. The van der Waals surface area contributed by atoms with E-state index in [-0.39, 0.29) is 22.9 Å². The lowest BCUT2D eigenvalue weighted by Crippen LogP contribution is -2.40. The third-order valence-corrected chi connectivity index (χ3v) is 11.0. The molecule has 0 aromatic heterocycles. The van der Waals surface area contributed by atoms with Crippen LogP contribution in [-0.2, 0) is 15.8 Å². The summed E-state index contributed by atoms with van der Waals surface area (Å²) in [6.07, 6.45) is 1.22. The highest BCUT2D eigenvalue weighted by Gasteiger charge is 2.37. The van der Waals surface area contributed by atoms with Crippen molar-refractivity contribution < 1.29 is 18.3 Å². The van der Waals surface area contributed by atoms with Crippen molar-refractivity contribution >= 4 is 20.0 Å². The molecule has 6 heteroatoms. The van der Waals surface area contributed by atoms with E-state index in [0.29, 0.717) is 49.4 Å². The number of halogens is 1. The number of hydrogen-bond acceptors (Lipinski definition) is 4. The number of benzene rings is 2. The van der Waals surface area contributed by atoms with Crippen LogP contribution >= 0.6 is 0 Å². The van der Waals surface area contributed by atoms with E-state index in [0.717, 1.165) is 0 Å². The van der Waals surface area contributed by atoms with Crippen molar-refractivity contribution in [1.82, 2.24) is 0 Å². The second kappa shape index (κ2) is 9.53. The van der Waals surface area contributed by atoms with Crippen LogP contribution in [0, 0.1) is 5.82 Å². The van der Waals surface area contributed by atoms with E-state index in [1.165, 1.54) is 0 Å². The van der Waals surface area contributed by atoms with Crippen molar-refractivity contribution in [3.63, 3.8) is 0 Å². The molecule has 0 atom stereocenters. The van der Waals surface area contributed by atoms with E-state index in [9.17, 15) is 4.79 Å². The van der Waals surface area contributed by atoms with Crippen molar-refractivity contribution in [2.24, 2.45) is 0 Å². The molecule has 4 nitrogen and oxygen atoms in total. The van der Waals surface area contributed by atoms with Crippen LogP contribution < -0.4 is 4.90 Å². The van der Waals surface area contributed by atoms with Crippen LogP contribution in [0.5, 0.6) is 0 Å². The summed E-state index contributed by atoms with van der Waals surface area (Å²) < 4.78 is 27.1. The quantitative estimate of drug-likeness (QED) is 0.395. The van der Waals surface area contributed by atoms with Crippen LogP contribution in [0.1, 0.15) is 49.5 Å². The monoisotopic (exact) mass is 443 g/mol. The average molecular weight is 444 g/mol. The van der Waals surface area contributed by atoms with Crippen molar-refractivity contribution in [2.45, 2.75) is 64.5 Å². The normalized spacial score (nSPS) is 15.7. The van der Waals surface area contributed by atoms with Gasteiger partial charge in [-0.25, -0.2) is 9.18 Å². The number of anilines is 1. The largest absolute Gasteiger partial charge is 0.459 e. The highest BCUT2D eigenvalue weighted by Crippen LogP contribution is 2.37. The van der Waals surface area contributed by atoms with Crippen molar-refractivity contribution in [3.8, 4) is 0 Å². The number of rotatable bonds is 6. The van der Waals surface area contributed by atoms with Crippen LogP contribution in [0.4, 0.5) is 10.1 Å². The Hall–Kier alpha value is -2.18. The Kier molecular flexibility index (Phi) is 7.22. The molecule has 0 radical (unpaired) electrons. The van der Waals surface area contributed by atoms with Gasteiger partial charge in [-0.2, -0.15) is 0 Å². The molecule has 3 rings (SSSR count). The topological polar surface area (TPSA) is 38.8 Å². The molecule has 2 aromatic carbocycles. The van der Waals surface area contributed by atoms with Gasteiger partial charge in [0.1, 0.15) is 6.10 Å². The Bertz CT molecular complexity index is 887. The van der Waals surface area contributed by atoms with Gasteiger partial charge in [0.2, 0.25) is 0 Å². The standard InChI is InChI=1S/C25H34FNO3Si/c1-25(2,3)31(4,5)29-18-20-12-9-13-22(23(20)26)27-16-14-21(15-17-27)30-24(28)19-10-7-6-8-11-19/h6-13,21H,14-18H2,1-5H3. The maximum atomic E-state index is 15.3. The van der Waals surface area contributed by atoms with Crippen LogP contribution in [0.25, 0.3) is 0 Å². The third-order valence-electron chi connectivity index (χ3n) is 6.52.